The number of fused-ring (bicyclic) bond motifs is 1. The molecule has 1 atom stereocenters. The highest BCUT2D eigenvalue weighted by molar-refractivity contribution is 5.35. The molecule has 0 radical (unpaired) electrons. The van der Waals surface area contributed by atoms with Crippen molar-refractivity contribution in [1.29, 1.82) is 0 Å². The molecular weight excluding hydrogens is 200 g/mol. The predicted octanol–water partition coefficient (Wildman–Crippen LogP) is 1.06. The average molecular weight is 220 g/mol. The van der Waals surface area contributed by atoms with E-state index in [0.717, 1.165) is 25.1 Å². The highest BCUT2D eigenvalue weighted by Gasteiger charge is 2.14. The summed E-state index contributed by atoms with van der Waals surface area (Å²) in [6.07, 6.45) is 1.74. The first-order chi connectivity index (χ1) is 7.70. The maximum atomic E-state index is 8.88. The minimum Gasteiger partial charge on any atom is -0.396 e. The Hall–Kier alpha value is -0.900. The van der Waals surface area contributed by atoms with E-state index in [-0.39, 0.29) is 12.6 Å². The molecule has 0 amide bonds. The van der Waals surface area contributed by atoms with Crippen LogP contribution in [0.15, 0.2) is 18.2 Å². The lowest BCUT2D eigenvalue weighted by atomic mass is 9.94. The van der Waals surface area contributed by atoms with Crippen LogP contribution in [0.1, 0.15) is 29.2 Å². The van der Waals surface area contributed by atoms with Crippen LogP contribution in [-0.4, -0.2) is 30.2 Å². The van der Waals surface area contributed by atoms with E-state index in [1.807, 2.05) is 0 Å². The fourth-order valence-electron chi connectivity index (χ4n) is 2.25. The second-order valence-corrected chi connectivity index (χ2v) is 4.63. The molecule has 3 heteroatoms. The number of nitrogens with two attached hydrogens (primary N) is 1. The van der Waals surface area contributed by atoms with E-state index >= 15 is 0 Å². The van der Waals surface area contributed by atoms with Gasteiger partial charge in [0, 0.05) is 25.7 Å². The molecule has 2 rings (SSSR count). The van der Waals surface area contributed by atoms with Crippen molar-refractivity contribution in [3.8, 4) is 0 Å². The monoisotopic (exact) mass is 220 g/mol. The number of likely N-dealkylation sites (N-methyl/N-ethyl adjacent to an activating group) is 1. The molecule has 1 aromatic carbocycles. The van der Waals surface area contributed by atoms with Crippen LogP contribution in [0, 0.1) is 0 Å². The summed E-state index contributed by atoms with van der Waals surface area (Å²) in [7, 11) is 2.15. The van der Waals surface area contributed by atoms with Gasteiger partial charge in [-0.05, 0) is 36.6 Å². The zero-order valence-corrected chi connectivity index (χ0v) is 9.82. The van der Waals surface area contributed by atoms with Gasteiger partial charge in [0.2, 0.25) is 0 Å². The molecule has 1 aliphatic heterocycles. The third-order valence-corrected chi connectivity index (χ3v) is 3.30. The predicted molar refractivity (Wildman–Crippen MR) is 65.1 cm³/mol. The SMILES string of the molecule is CN1CCc2cc(C(N)CCO)ccc2C1. The molecule has 0 fully saturated rings. The summed E-state index contributed by atoms with van der Waals surface area (Å²) in [4.78, 5) is 2.33. The molecule has 3 N–H and O–H groups in total. The molecule has 0 spiro atoms. The van der Waals surface area contributed by atoms with Gasteiger partial charge in [-0.1, -0.05) is 18.2 Å². The van der Waals surface area contributed by atoms with Crippen LogP contribution >= 0.6 is 0 Å². The molecular formula is C13H20N2O. The summed E-state index contributed by atoms with van der Waals surface area (Å²) < 4.78 is 0. The van der Waals surface area contributed by atoms with Crippen molar-refractivity contribution in [2.45, 2.75) is 25.4 Å². The number of aliphatic hydroxyl groups is 1. The van der Waals surface area contributed by atoms with Crippen LogP contribution in [0.25, 0.3) is 0 Å². The van der Waals surface area contributed by atoms with Gasteiger partial charge in [0.15, 0.2) is 0 Å². The first-order valence-corrected chi connectivity index (χ1v) is 5.87. The van der Waals surface area contributed by atoms with E-state index < -0.39 is 0 Å². The van der Waals surface area contributed by atoms with Crippen LogP contribution in [0.5, 0.6) is 0 Å². The van der Waals surface area contributed by atoms with E-state index in [1.165, 1.54) is 11.1 Å². The Morgan fingerprint density at radius 2 is 2.25 bits per heavy atom. The van der Waals surface area contributed by atoms with Crippen LogP contribution in [0.2, 0.25) is 0 Å². The molecule has 0 aromatic heterocycles. The maximum Gasteiger partial charge on any atom is 0.0449 e. The summed E-state index contributed by atoms with van der Waals surface area (Å²) in [5.74, 6) is 0. The molecule has 1 heterocycles. The Morgan fingerprint density at radius 3 is 3.00 bits per heavy atom. The lowest BCUT2D eigenvalue weighted by Crippen LogP contribution is -2.26. The maximum absolute atomic E-state index is 8.88. The average Bonchev–Trinajstić information content (AvgIpc) is 2.28. The molecule has 0 aliphatic carbocycles. The summed E-state index contributed by atoms with van der Waals surface area (Å²) >= 11 is 0. The number of nitrogens with zero attached hydrogens (tertiary/aromatic N) is 1. The summed E-state index contributed by atoms with van der Waals surface area (Å²) in [5, 5.41) is 8.88. The quantitative estimate of drug-likeness (QED) is 0.800. The van der Waals surface area contributed by atoms with E-state index in [1.54, 1.807) is 0 Å². The molecule has 0 saturated heterocycles. The lowest BCUT2D eigenvalue weighted by Gasteiger charge is -2.26. The minimum atomic E-state index is -0.0324. The topological polar surface area (TPSA) is 49.5 Å². The van der Waals surface area contributed by atoms with Crippen LogP contribution in [0.4, 0.5) is 0 Å². The van der Waals surface area contributed by atoms with Crippen LogP contribution in [0.3, 0.4) is 0 Å². The van der Waals surface area contributed by atoms with Crippen molar-refractivity contribution in [3.63, 3.8) is 0 Å². The van der Waals surface area contributed by atoms with Gasteiger partial charge < -0.3 is 15.7 Å². The van der Waals surface area contributed by atoms with E-state index in [0.29, 0.717) is 6.42 Å². The fourth-order valence-corrected chi connectivity index (χ4v) is 2.25. The second-order valence-electron chi connectivity index (χ2n) is 4.63. The van der Waals surface area contributed by atoms with E-state index in [2.05, 4.69) is 30.1 Å². The van der Waals surface area contributed by atoms with Gasteiger partial charge >= 0.3 is 0 Å². The van der Waals surface area contributed by atoms with Gasteiger partial charge in [0.05, 0.1) is 0 Å². The molecule has 1 unspecified atom stereocenters. The zero-order chi connectivity index (χ0) is 11.5. The normalized spacial score (nSPS) is 18.2. The molecule has 1 aromatic rings. The second kappa shape index (κ2) is 4.95. The highest BCUT2D eigenvalue weighted by Crippen LogP contribution is 2.22. The van der Waals surface area contributed by atoms with Crippen molar-refractivity contribution < 1.29 is 5.11 Å². The molecule has 3 nitrogen and oxygen atoms in total. The Labute approximate surface area is 96.9 Å². The lowest BCUT2D eigenvalue weighted by molar-refractivity contribution is 0.276. The summed E-state index contributed by atoms with van der Waals surface area (Å²) in [6, 6.07) is 6.45. The van der Waals surface area contributed by atoms with Crippen LogP contribution < -0.4 is 5.73 Å². The van der Waals surface area contributed by atoms with Crippen molar-refractivity contribution in [2.75, 3.05) is 20.2 Å². The van der Waals surface area contributed by atoms with Gasteiger partial charge in [-0.25, -0.2) is 0 Å². The molecule has 1 aliphatic rings. The number of rotatable bonds is 3. The number of hydrogen-bond acceptors (Lipinski definition) is 3. The first-order valence-electron chi connectivity index (χ1n) is 5.87. The molecule has 0 bridgehead atoms. The Kier molecular flexibility index (Phi) is 3.59. The fraction of sp³-hybridized carbons (Fsp3) is 0.538. The smallest absolute Gasteiger partial charge is 0.0449 e. The van der Waals surface area contributed by atoms with Gasteiger partial charge in [0.25, 0.3) is 0 Å². The highest BCUT2D eigenvalue weighted by atomic mass is 16.3. The van der Waals surface area contributed by atoms with E-state index in [9.17, 15) is 0 Å². The van der Waals surface area contributed by atoms with Crippen molar-refractivity contribution >= 4 is 0 Å². The number of aliphatic hydroxyl groups excluding tert-OH is 1. The Bertz CT molecular complexity index is 365. The Balaban J connectivity index is 2.19. The third kappa shape index (κ3) is 2.43. The minimum absolute atomic E-state index is 0.0324. The van der Waals surface area contributed by atoms with Crippen molar-refractivity contribution in [2.24, 2.45) is 5.73 Å². The number of hydrogen-bond donors (Lipinski definition) is 2. The van der Waals surface area contributed by atoms with Gasteiger partial charge in [-0.2, -0.15) is 0 Å². The molecule has 16 heavy (non-hydrogen) atoms. The third-order valence-electron chi connectivity index (χ3n) is 3.30. The zero-order valence-electron chi connectivity index (χ0n) is 9.82. The first kappa shape index (κ1) is 11.6. The molecule has 0 saturated carbocycles. The van der Waals surface area contributed by atoms with Crippen LogP contribution in [-0.2, 0) is 13.0 Å². The van der Waals surface area contributed by atoms with Crippen molar-refractivity contribution in [3.05, 3.63) is 34.9 Å². The van der Waals surface area contributed by atoms with Gasteiger partial charge in [-0.15, -0.1) is 0 Å². The largest absolute Gasteiger partial charge is 0.396 e. The van der Waals surface area contributed by atoms with E-state index in [4.69, 9.17) is 10.8 Å². The summed E-state index contributed by atoms with van der Waals surface area (Å²) in [5.41, 5.74) is 9.98. The molecule has 88 valence electrons. The van der Waals surface area contributed by atoms with Gasteiger partial charge in [-0.3, -0.25) is 0 Å². The van der Waals surface area contributed by atoms with Gasteiger partial charge in [0.1, 0.15) is 0 Å². The summed E-state index contributed by atoms with van der Waals surface area (Å²) in [6.45, 7) is 2.30. The number of benzene rings is 1. The van der Waals surface area contributed by atoms with Crippen molar-refractivity contribution in [1.82, 2.24) is 4.90 Å². The Morgan fingerprint density at radius 1 is 1.44 bits per heavy atom. The standard InChI is InChI=1S/C13H20N2O/c1-15-6-4-10-8-11(13(14)5-7-16)2-3-12(10)9-15/h2-3,8,13,16H,4-7,9,14H2,1H3.